The van der Waals surface area contributed by atoms with Crippen molar-refractivity contribution in [2.75, 3.05) is 53.7 Å². The van der Waals surface area contributed by atoms with Gasteiger partial charge >= 0.3 is 0 Å². The predicted molar refractivity (Wildman–Crippen MR) is 123 cm³/mol. The molecule has 0 aromatic heterocycles. The molecule has 1 rings (SSSR count). The topological polar surface area (TPSA) is 64.1 Å². The number of methoxy groups -OCH3 is 2. The maximum atomic E-state index is 5.47. The zero-order chi connectivity index (χ0) is 19.3. The van der Waals surface area contributed by atoms with E-state index in [1.165, 1.54) is 5.56 Å². The molecular formula is C20H36IN3O3. The number of nitrogens with one attached hydrogen (secondary N) is 2. The minimum atomic E-state index is -0.0577. The number of guanidine groups is 1. The van der Waals surface area contributed by atoms with Gasteiger partial charge in [0.15, 0.2) is 5.96 Å². The quantitative estimate of drug-likeness (QED) is 0.203. The zero-order valence-electron chi connectivity index (χ0n) is 17.3. The summed E-state index contributed by atoms with van der Waals surface area (Å²) in [6.45, 7) is 10.8. The van der Waals surface area contributed by atoms with Gasteiger partial charge in [0.25, 0.3) is 0 Å². The summed E-state index contributed by atoms with van der Waals surface area (Å²) in [6, 6.07) is 8.19. The first-order chi connectivity index (χ1) is 12.5. The highest BCUT2D eigenvalue weighted by molar-refractivity contribution is 14.0. The second kappa shape index (κ2) is 14.9. The van der Waals surface area contributed by atoms with Gasteiger partial charge in [0.1, 0.15) is 5.75 Å². The third kappa shape index (κ3) is 10.8. The Hall–Kier alpha value is -1.06. The Morgan fingerprint density at radius 2 is 1.74 bits per heavy atom. The Balaban J connectivity index is 0.00000676. The SMILES string of the molecule is CCNC(=NCC(C)(C)c1ccc(OC)cc1)NCCCOCCOC.I. The number of nitrogens with zero attached hydrogens (tertiary/aromatic N) is 1. The van der Waals surface area contributed by atoms with Gasteiger partial charge in [0, 0.05) is 32.2 Å². The van der Waals surface area contributed by atoms with Crippen molar-refractivity contribution in [2.24, 2.45) is 4.99 Å². The molecule has 0 bridgehead atoms. The normalized spacial score (nSPS) is 11.7. The zero-order valence-corrected chi connectivity index (χ0v) is 19.7. The molecule has 0 unspecified atom stereocenters. The second-order valence-corrected chi connectivity index (χ2v) is 6.69. The Morgan fingerprint density at radius 1 is 1.04 bits per heavy atom. The summed E-state index contributed by atoms with van der Waals surface area (Å²) in [5, 5.41) is 6.66. The molecule has 156 valence electrons. The van der Waals surface area contributed by atoms with Crippen molar-refractivity contribution in [1.82, 2.24) is 10.6 Å². The summed E-state index contributed by atoms with van der Waals surface area (Å²) in [7, 11) is 3.36. The molecule has 0 saturated carbocycles. The van der Waals surface area contributed by atoms with Crippen LogP contribution in [0.3, 0.4) is 0 Å². The average molecular weight is 493 g/mol. The third-order valence-electron chi connectivity index (χ3n) is 4.04. The van der Waals surface area contributed by atoms with Crippen molar-refractivity contribution in [3.63, 3.8) is 0 Å². The fraction of sp³-hybridized carbons (Fsp3) is 0.650. The molecule has 7 heteroatoms. The summed E-state index contributed by atoms with van der Waals surface area (Å²) < 4.78 is 15.7. The molecule has 1 aromatic rings. The van der Waals surface area contributed by atoms with Gasteiger partial charge in [-0.1, -0.05) is 26.0 Å². The second-order valence-electron chi connectivity index (χ2n) is 6.69. The molecule has 0 radical (unpaired) electrons. The van der Waals surface area contributed by atoms with E-state index in [1.807, 2.05) is 12.1 Å². The number of hydrogen-bond acceptors (Lipinski definition) is 4. The lowest BCUT2D eigenvalue weighted by Crippen LogP contribution is -2.39. The van der Waals surface area contributed by atoms with Gasteiger partial charge in [-0.25, -0.2) is 0 Å². The number of ether oxygens (including phenoxy) is 3. The first-order valence-corrected chi connectivity index (χ1v) is 9.27. The van der Waals surface area contributed by atoms with Crippen molar-refractivity contribution in [1.29, 1.82) is 0 Å². The van der Waals surface area contributed by atoms with Crippen LogP contribution in [0.5, 0.6) is 5.75 Å². The van der Waals surface area contributed by atoms with Crippen molar-refractivity contribution < 1.29 is 14.2 Å². The van der Waals surface area contributed by atoms with Crippen LogP contribution >= 0.6 is 24.0 Å². The van der Waals surface area contributed by atoms with Crippen LogP contribution in [0.4, 0.5) is 0 Å². The Morgan fingerprint density at radius 3 is 2.33 bits per heavy atom. The van der Waals surface area contributed by atoms with Crippen LogP contribution in [0.2, 0.25) is 0 Å². The van der Waals surface area contributed by atoms with Crippen molar-refractivity contribution in [2.45, 2.75) is 32.6 Å². The first-order valence-electron chi connectivity index (χ1n) is 9.27. The molecule has 2 N–H and O–H groups in total. The van der Waals surface area contributed by atoms with Gasteiger partial charge in [-0.2, -0.15) is 0 Å². The van der Waals surface area contributed by atoms with E-state index in [9.17, 15) is 0 Å². The number of hydrogen-bond donors (Lipinski definition) is 2. The monoisotopic (exact) mass is 493 g/mol. The molecule has 0 fully saturated rings. The van der Waals surface area contributed by atoms with E-state index in [-0.39, 0.29) is 29.4 Å². The molecular weight excluding hydrogens is 457 g/mol. The van der Waals surface area contributed by atoms with Crippen LogP contribution in [0, 0.1) is 0 Å². The number of halogens is 1. The van der Waals surface area contributed by atoms with Crippen LogP contribution in [0.15, 0.2) is 29.3 Å². The van der Waals surface area contributed by atoms with E-state index >= 15 is 0 Å². The van der Waals surface area contributed by atoms with E-state index < -0.39 is 0 Å². The smallest absolute Gasteiger partial charge is 0.191 e. The minimum Gasteiger partial charge on any atom is -0.497 e. The van der Waals surface area contributed by atoms with Gasteiger partial charge in [-0.15, -0.1) is 24.0 Å². The molecule has 0 atom stereocenters. The maximum absolute atomic E-state index is 5.47. The number of aliphatic imine (C=N–C) groups is 1. The van der Waals surface area contributed by atoms with Gasteiger partial charge in [0.2, 0.25) is 0 Å². The highest BCUT2D eigenvalue weighted by Gasteiger charge is 2.20. The summed E-state index contributed by atoms with van der Waals surface area (Å²) in [5.41, 5.74) is 1.18. The lowest BCUT2D eigenvalue weighted by atomic mass is 9.85. The molecule has 0 spiro atoms. The van der Waals surface area contributed by atoms with E-state index in [2.05, 4.69) is 43.5 Å². The molecule has 0 amide bonds. The third-order valence-corrected chi connectivity index (χ3v) is 4.04. The molecule has 6 nitrogen and oxygen atoms in total. The number of rotatable bonds is 12. The van der Waals surface area contributed by atoms with Crippen LogP contribution in [0.1, 0.15) is 32.8 Å². The molecule has 27 heavy (non-hydrogen) atoms. The summed E-state index contributed by atoms with van der Waals surface area (Å²) in [5.74, 6) is 1.71. The van der Waals surface area contributed by atoms with Crippen LogP contribution in [-0.4, -0.2) is 59.6 Å². The molecule has 1 aromatic carbocycles. The van der Waals surface area contributed by atoms with Gasteiger partial charge in [0.05, 0.1) is 26.9 Å². The average Bonchev–Trinajstić information content (AvgIpc) is 2.65. The number of benzene rings is 1. The predicted octanol–water partition coefficient (Wildman–Crippen LogP) is 3.20. The molecule has 0 aliphatic rings. The first kappa shape index (κ1) is 25.9. The Kier molecular flexibility index (Phi) is 14.3. The van der Waals surface area contributed by atoms with E-state index in [0.29, 0.717) is 26.4 Å². The summed E-state index contributed by atoms with van der Waals surface area (Å²) in [4.78, 5) is 4.75. The summed E-state index contributed by atoms with van der Waals surface area (Å²) in [6.07, 6.45) is 0.927. The maximum Gasteiger partial charge on any atom is 0.191 e. The molecule has 0 aliphatic carbocycles. The van der Waals surface area contributed by atoms with Crippen molar-refractivity contribution in [3.05, 3.63) is 29.8 Å². The van der Waals surface area contributed by atoms with Crippen LogP contribution < -0.4 is 15.4 Å². The lowest BCUT2D eigenvalue weighted by Gasteiger charge is -2.24. The molecule has 0 saturated heterocycles. The van der Waals surface area contributed by atoms with E-state index in [1.54, 1.807) is 14.2 Å². The van der Waals surface area contributed by atoms with Crippen LogP contribution in [0.25, 0.3) is 0 Å². The fourth-order valence-electron chi connectivity index (χ4n) is 2.38. The standard InChI is InChI=1S/C20H35N3O3.HI/c1-6-21-19(22-12-7-13-26-15-14-24-4)23-16-20(2,3)17-8-10-18(25-5)11-9-17;/h8-11H,6-7,12-16H2,1-5H3,(H2,21,22,23);1H. The largest absolute Gasteiger partial charge is 0.497 e. The highest BCUT2D eigenvalue weighted by atomic mass is 127. The Labute approximate surface area is 181 Å². The summed E-state index contributed by atoms with van der Waals surface area (Å²) >= 11 is 0. The van der Waals surface area contributed by atoms with Crippen molar-refractivity contribution in [3.8, 4) is 5.75 Å². The van der Waals surface area contributed by atoms with E-state index in [4.69, 9.17) is 19.2 Å². The highest BCUT2D eigenvalue weighted by Crippen LogP contribution is 2.25. The Bertz CT molecular complexity index is 522. The molecule has 0 heterocycles. The molecule has 0 aliphatic heterocycles. The lowest BCUT2D eigenvalue weighted by molar-refractivity contribution is 0.0698. The van der Waals surface area contributed by atoms with Crippen molar-refractivity contribution >= 4 is 29.9 Å². The van der Waals surface area contributed by atoms with E-state index in [0.717, 1.165) is 31.2 Å². The van der Waals surface area contributed by atoms with Gasteiger partial charge in [-0.3, -0.25) is 4.99 Å². The van der Waals surface area contributed by atoms with Crippen LogP contribution in [-0.2, 0) is 14.9 Å². The minimum absolute atomic E-state index is 0. The van der Waals surface area contributed by atoms with Gasteiger partial charge in [-0.05, 0) is 31.0 Å². The van der Waals surface area contributed by atoms with Gasteiger partial charge < -0.3 is 24.8 Å². The fourth-order valence-corrected chi connectivity index (χ4v) is 2.38.